The second kappa shape index (κ2) is 11.3. The molecule has 1 fully saturated rings. The minimum Gasteiger partial charge on any atom is -0.449 e. The summed E-state index contributed by atoms with van der Waals surface area (Å²) in [5, 5.41) is 2.91. The highest BCUT2D eigenvalue weighted by atomic mass is 16.5. The molecule has 2 aliphatic rings. The average Bonchev–Trinajstić information content (AvgIpc) is 3.34. The quantitative estimate of drug-likeness (QED) is 0.353. The van der Waals surface area contributed by atoms with Crippen molar-refractivity contribution >= 4 is 29.5 Å². The molecule has 7 heteroatoms. The maximum atomic E-state index is 13.4. The molecule has 0 aromatic heterocycles. The monoisotopic (exact) mass is 509 g/mol. The fourth-order valence-corrected chi connectivity index (χ4v) is 4.69. The van der Waals surface area contributed by atoms with E-state index in [0.29, 0.717) is 37.4 Å². The molecule has 3 aromatic carbocycles. The van der Waals surface area contributed by atoms with Crippen LogP contribution in [0, 0.1) is 6.92 Å². The Hall–Kier alpha value is -4.39. The first-order chi connectivity index (χ1) is 18.5. The Morgan fingerprint density at radius 1 is 1.00 bits per heavy atom. The smallest absolute Gasteiger partial charge is 0.294 e. The Kier molecular flexibility index (Phi) is 7.54. The zero-order valence-corrected chi connectivity index (χ0v) is 21.5. The van der Waals surface area contributed by atoms with Crippen molar-refractivity contribution in [2.45, 2.75) is 32.7 Å². The lowest BCUT2D eigenvalue weighted by Gasteiger charge is -2.30. The van der Waals surface area contributed by atoms with E-state index in [1.165, 1.54) is 5.56 Å². The van der Waals surface area contributed by atoms with Gasteiger partial charge in [-0.25, -0.2) is 0 Å². The van der Waals surface area contributed by atoms with Gasteiger partial charge in [0.1, 0.15) is 0 Å². The molecule has 0 radical (unpaired) electrons. The van der Waals surface area contributed by atoms with Crippen LogP contribution in [0.3, 0.4) is 0 Å². The van der Waals surface area contributed by atoms with Crippen LogP contribution in [0.4, 0.5) is 5.69 Å². The molecule has 1 N–H and O–H groups in total. The predicted molar refractivity (Wildman–Crippen MR) is 147 cm³/mol. The Bertz CT molecular complexity index is 1360. The zero-order chi connectivity index (χ0) is 26.5. The van der Waals surface area contributed by atoms with E-state index >= 15 is 0 Å². The van der Waals surface area contributed by atoms with Crippen LogP contribution in [0.5, 0.6) is 5.75 Å². The van der Waals surface area contributed by atoms with Gasteiger partial charge in [0.15, 0.2) is 11.5 Å². The molecule has 38 heavy (non-hydrogen) atoms. The number of carbonyl (C=O) groups excluding carboxylic acids is 3. The SMILES string of the molecule is Cc1ccc(CN2C(=O)/C(=C\c3ccc(C(=O)NCCCN4CCCC4=O)cc3)Oc3ccccc32)cc1. The number of carbonyl (C=O) groups is 3. The third-order valence-electron chi connectivity index (χ3n) is 6.83. The van der Waals surface area contributed by atoms with Crippen molar-refractivity contribution in [1.82, 2.24) is 10.2 Å². The number of anilines is 1. The van der Waals surface area contributed by atoms with Gasteiger partial charge < -0.3 is 15.0 Å². The molecule has 2 aliphatic heterocycles. The Labute approximate surface area is 222 Å². The normalized spacial score (nSPS) is 16.0. The molecule has 1 saturated heterocycles. The van der Waals surface area contributed by atoms with Gasteiger partial charge in [-0.1, -0.05) is 54.1 Å². The fourth-order valence-electron chi connectivity index (χ4n) is 4.69. The molecule has 194 valence electrons. The van der Waals surface area contributed by atoms with Crippen molar-refractivity contribution in [3.63, 3.8) is 0 Å². The summed E-state index contributed by atoms with van der Waals surface area (Å²) >= 11 is 0. The molecule has 0 spiro atoms. The van der Waals surface area contributed by atoms with E-state index in [4.69, 9.17) is 4.74 Å². The van der Waals surface area contributed by atoms with Crippen molar-refractivity contribution in [2.75, 3.05) is 24.5 Å². The molecular formula is C31H31N3O4. The Morgan fingerprint density at radius 3 is 2.50 bits per heavy atom. The topological polar surface area (TPSA) is 79.0 Å². The maximum absolute atomic E-state index is 13.4. The van der Waals surface area contributed by atoms with Gasteiger partial charge in [-0.05, 0) is 61.2 Å². The highest BCUT2D eigenvalue weighted by Crippen LogP contribution is 2.36. The largest absolute Gasteiger partial charge is 0.449 e. The standard InChI is InChI=1S/C31H31N3O4/c1-22-9-11-24(12-10-22)21-34-26-6-2-3-7-27(26)38-28(31(34)37)20-23-13-15-25(16-14-23)30(36)32-17-5-19-33-18-4-8-29(33)35/h2-3,6-7,9-16,20H,4-5,8,17-19,21H2,1H3,(H,32,36)/b28-20+. The van der Waals surface area contributed by atoms with Crippen LogP contribution in [-0.2, 0) is 16.1 Å². The van der Waals surface area contributed by atoms with E-state index in [1.807, 2.05) is 60.4 Å². The van der Waals surface area contributed by atoms with Crippen LogP contribution < -0.4 is 15.0 Å². The van der Waals surface area contributed by atoms with Gasteiger partial charge >= 0.3 is 0 Å². The van der Waals surface area contributed by atoms with Crippen molar-refractivity contribution in [3.8, 4) is 5.75 Å². The summed E-state index contributed by atoms with van der Waals surface area (Å²) in [7, 11) is 0. The third kappa shape index (κ3) is 5.78. The minimum atomic E-state index is -0.220. The Morgan fingerprint density at radius 2 is 1.76 bits per heavy atom. The number of ether oxygens (including phenoxy) is 1. The van der Waals surface area contributed by atoms with E-state index in [1.54, 1.807) is 35.2 Å². The number of fused-ring (bicyclic) bond motifs is 1. The number of hydrogen-bond donors (Lipinski definition) is 1. The first-order valence-electron chi connectivity index (χ1n) is 13.0. The molecule has 3 amide bonds. The summed E-state index contributed by atoms with van der Waals surface area (Å²) in [6.07, 6.45) is 3.97. The highest BCUT2D eigenvalue weighted by Gasteiger charge is 2.30. The number of rotatable bonds is 8. The molecule has 5 rings (SSSR count). The molecule has 7 nitrogen and oxygen atoms in total. The molecule has 0 aliphatic carbocycles. The summed E-state index contributed by atoms with van der Waals surface area (Å²) in [6, 6.07) is 22.7. The first-order valence-corrected chi connectivity index (χ1v) is 13.0. The molecule has 0 unspecified atom stereocenters. The van der Waals surface area contributed by atoms with Crippen molar-refractivity contribution in [1.29, 1.82) is 0 Å². The number of nitrogens with one attached hydrogen (secondary N) is 1. The predicted octanol–water partition coefficient (Wildman–Crippen LogP) is 4.70. The highest BCUT2D eigenvalue weighted by molar-refractivity contribution is 6.09. The van der Waals surface area contributed by atoms with E-state index in [0.717, 1.165) is 36.2 Å². The van der Waals surface area contributed by atoms with Crippen LogP contribution in [0.25, 0.3) is 6.08 Å². The van der Waals surface area contributed by atoms with Gasteiger partial charge in [0, 0.05) is 31.6 Å². The summed E-state index contributed by atoms with van der Waals surface area (Å²) in [5.41, 5.74) is 4.22. The van der Waals surface area contributed by atoms with Crippen LogP contribution in [0.15, 0.2) is 78.6 Å². The van der Waals surface area contributed by atoms with E-state index in [2.05, 4.69) is 5.32 Å². The lowest BCUT2D eigenvalue weighted by atomic mass is 10.1. The van der Waals surface area contributed by atoms with Gasteiger partial charge in [0.25, 0.3) is 11.8 Å². The Balaban J connectivity index is 1.25. The molecular weight excluding hydrogens is 478 g/mol. The molecule has 3 aromatic rings. The van der Waals surface area contributed by atoms with Gasteiger partial charge in [0.05, 0.1) is 12.2 Å². The lowest BCUT2D eigenvalue weighted by Crippen LogP contribution is -2.36. The summed E-state index contributed by atoms with van der Waals surface area (Å²) in [5.74, 6) is 0.660. The summed E-state index contributed by atoms with van der Waals surface area (Å²) in [6.45, 7) is 4.46. The minimum absolute atomic E-state index is 0.167. The number of hydrogen-bond acceptors (Lipinski definition) is 4. The van der Waals surface area contributed by atoms with Crippen molar-refractivity contribution < 1.29 is 19.1 Å². The summed E-state index contributed by atoms with van der Waals surface area (Å²) < 4.78 is 5.99. The van der Waals surface area contributed by atoms with Gasteiger partial charge in [-0.15, -0.1) is 0 Å². The molecule has 0 bridgehead atoms. The summed E-state index contributed by atoms with van der Waals surface area (Å²) in [4.78, 5) is 41.3. The maximum Gasteiger partial charge on any atom is 0.294 e. The number of likely N-dealkylation sites (tertiary alicyclic amines) is 1. The van der Waals surface area contributed by atoms with Gasteiger partial charge in [-0.2, -0.15) is 0 Å². The number of amides is 3. The second-order valence-corrected chi connectivity index (χ2v) is 9.67. The second-order valence-electron chi connectivity index (χ2n) is 9.67. The number of aryl methyl sites for hydroxylation is 1. The van der Waals surface area contributed by atoms with Crippen molar-refractivity contribution in [3.05, 3.63) is 101 Å². The zero-order valence-electron chi connectivity index (χ0n) is 21.5. The fraction of sp³-hybridized carbons (Fsp3) is 0.258. The van der Waals surface area contributed by atoms with E-state index < -0.39 is 0 Å². The van der Waals surface area contributed by atoms with Gasteiger partial charge in [0.2, 0.25) is 5.91 Å². The van der Waals surface area contributed by atoms with Gasteiger partial charge in [-0.3, -0.25) is 19.3 Å². The molecule has 0 saturated carbocycles. The van der Waals surface area contributed by atoms with Crippen LogP contribution >= 0.6 is 0 Å². The third-order valence-corrected chi connectivity index (χ3v) is 6.83. The number of nitrogens with zero attached hydrogens (tertiary/aromatic N) is 2. The van der Waals surface area contributed by atoms with Crippen LogP contribution in [0.1, 0.15) is 46.3 Å². The lowest BCUT2D eigenvalue weighted by molar-refractivity contribution is -0.127. The van der Waals surface area contributed by atoms with Crippen LogP contribution in [0.2, 0.25) is 0 Å². The van der Waals surface area contributed by atoms with Crippen LogP contribution in [-0.4, -0.2) is 42.3 Å². The number of para-hydroxylation sites is 2. The number of benzene rings is 3. The average molecular weight is 510 g/mol. The first kappa shape index (κ1) is 25.3. The van der Waals surface area contributed by atoms with E-state index in [-0.39, 0.29) is 23.5 Å². The molecule has 2 heterocycles. The van der Waals surface area contributed by atoms with E-state index in [9.17, 15) is 14.4 Å². The van der Waals surface area contributed by atoms with Crippen molar-refractivity contribution in [2.24, 2.45) is 0 Å². The molecule has 0 atom stereocenters.